The smallest absolute Gasteiger partial charge is 0.340 e. The molecule has 1 aliphatic rings. The molecule has 3 rings (SSSR count). The summed E-state index contributed by atoms with van der Waals surface area (Å²) in [7, 11) is 1.44. The number of likely N-dealkylation sites (N-methyl/N-ethyl adjacent to an activating group) is 1. The number of benzene rings is 2. The number of fused-ring (bicyclic) bond motifs is 1. The van der Waals surface area contributed by atoms with Crippen LogP contribution in [-0.2, 0) is 19.9 Å². The standard InChI is InChI=1S/C17H13N3O6/c1-19-13-5-3-2-4-12(13)17(15(18)22,16(19)23)26-14(21)10-6-8-11(9-7-10)20(24)25/h2-9H,1H3,(H2,18,22). The van der Waals surface area contributed by atoms with Crippen LogP contribution < -0.4 is 10.6 Å². The van der Waals surface area contributed by atoms with E-state index >= 15 is 0 Å². The lowest BCUT2D eigenvalue weighted by Crippen LogP contribution is -2.52. The Morgan fingerprint density at radius 1 is 1.15 bits per heavy atom. The topological polar surface area (TPSA) is 133 Å². The Kier molecular flexibility index (Phi) is 3.91. The lowest BCUT2D eigenvalue weighted by molar-refractivity contribution is -0.384. The van der Waals surface area contributed by atoms with E-state index in [0.29, 0.717) is 5.69 Å². The van der Waals surface area contributed by atoms with Crippen LogP contribution >= 0.6 is 0 Å². The molecule has 9 heteroatoms. The molecule has 26 heavy (non-hydrogen) atoms. The molecule has 132 valence electrons. The molecule has 0 radical (unpaired) electrons. The first-order valence-corrected chi connectivity index (χ1v) is 7.44. The molecular formula is C17H13N3O6. The summed E-state index contributed by atoms with van der Waals surface area (Å²) in [5, 5.41) is 10.7. The molecule has 0 spiro atoms. The summed E-state index contributed by atoms with van der Waals surface area (Å²) in [5.74, 6) is -2.92. The number of carbonyl (C=O) groups is 3. The van der Waals surface area contributed by atoms with Gasteiger partial charge >= 0.3 is 5.97 Å². The third-order valence-electron chi connectivity index (χ3n) is 4.16. The molecule has 0 saturated heterocycles. The van der Waals surface area contributed by atoms with Gasteiger partial charge in [-0.05, 0) is 18.2 Å². The number of nitro benzene ring substituents is 1. The van der Waals surface area contributed by atoms with Crippen LogP contribution in [0.4, 0.5) is 11.4 Å². The second-order valence-electron chi connectivity index (χ2n) is 5.62. The first-order valence-electron chi connectivity index (χ1n) is 7.44. The zero-order valence-electron chi connectivity index (χ0n) is 13.5. The van der Waals surface area contributed by atoms with Crippen molar-refractivity contribution < 1.29 is 24.0 Å². The summed E-state index contributed by atoms with van der Waals surface area (Å²) in [6.07, 6.45) is 0. The van der Waals surface area contributed by atoms with Gasteiger partial charge in [0.2, 0.25) is 0 Å². The van der Waals surface area contributed by atoms with Gasteiger partial charge < -0.3 is 15.4 Å². The Bertz CT molecular complexity index is 940. The van der Waals surface area contributed by atoms with Gasteiger partial charge in [-0.25, -0.2) is 4.79 Å². The van der Waals surface area contributed by atoms with E-state index in [-0.39, 0.29) is 16.8 Å². The van der Waals surface area contributed by atoms with Crippen molar-refractivity contribution in [2.24, 2.45) is 5.73 Å². The van der Waals surface area contributed by atoms with Crippen molar-refractivity contribution in [3.8, 4) is 0 Å². The normalized spacial score (nSPS) is 18.3. The van der Waals surface area contributed by atoms with Gasteiger partial charge in [0, 0.05) is 24.7 Å². The van der Waals surface area contributed by atoms with Gasteiger partial charge in [0.1, 0.15) is 0 Å². The Balaban J connectivity index is 2.02. The summed E-state index contributed by atoms with van der Waals surface area (Å²) in [6.45, 7) is 0. The first kappa shape index (κ1) is 17.1. The number of esters is 1. The van der Waals surface area contributed by atoms with E-state index in [1.165, 1.54) is 30.1 Å². The van der Waals surface area contributed by atoms with E-state index in [0.717, 1.165) is 12.1 Å². The van der Waals surface area contributed by atoms with Gasteiger partial charge in [-0.3, -0.25) is 19.7 Å². The molecule has 1 unspecified atom stereocenters. The summed E-state index contributed by atoms with van der Waals surface area (Å²) in [4.78, 5) is 48.6. The van der Waals surface area contributed by atoms with E-state index in [1.807, 2.05) is 0 Å². The maximum Gasteiger partial charge on any atom is 0.340 e. The molecule has 0 bridgehead atoms. The number of anilines is 1. The Hall–Kier alpha value is -3.75. The number of primary amides is 1. The number of nitrogens with zero attached hydrogens (tertiary/aromatic N) is 2. The van der Waals surface area contributed by atoms with Crippen molar-refractivity contribution in [2.45, 2.75) is 5.60 Å². The molecule has 2 amide bonds. The predicted octanol–water partition coefficient (Wildman–Crippen LogP) is 1.11. The van der Waals surface area contributed by atoms with Gasteiger partial charge in [-0.15, -0.1) is 0 Å². The van der Waals surface area contributed by atoms with Crippen LogP contribution in [0.15, 0.2) is 48.5 Å². The van der Waals surface area contributed by atoms with E-state index in [2.05, 4.69) is 0 Å². The number of nitro groups is 1. The number of rotatable bonds is 4. The summed E-state index contributed by atoms with van der Waals surface area (Å²) in [5.41, 5.74) is 3.43. The van der Waals surface area contributed by atoms with E-state index in [1.54, 1.807) is 18.2 Å². The molecule has 0 aromatic heterocycles. The zero-order chi connectivity index (χ0) is 19.1. The van der Waals surface area contributed by atoms with E-state index in [9.17, 15) is 24.5 Å². The highest BCUT2D eigenvalue weighted by Crippen LogP contribution is 2.42. The molecule has 1 aliphatic heterocycles. The van der Waals surface area contributed by atoms with Crippen LogP contribution in [-0.4, -0.2) is 29.8 Å². The molecule has 2 N–H and O–H groups in total. The lowest BCUT2D eigenvalue weighted by Gasteiger charge is -2.24. The molecule has 9 nitrogen and oxygen atoms in total. The fourth-order valence-electron chi connectivity index (χ4n) is 2.83. The molecule has 2 aromatic carbocycles. The minimum Gasteiger partial charge on any atom is -0.430 e. The average Bonchev–Trinajstić information content (AvgIpc) is 2.85. The van der Waals surface area contributed by atoms with Crippen molar-refractivity contribution >= 4 is 29.2 Å². The Morgan fingerprint density at radius 3 is 2.35 bits per heavy atom. The number of amides is 2. The fourth-order valence-corrected chi connectivity index (χ4v) is 2.83. The minimum absolute atomic E-state index is 0.0592. The third kappa shape index (κ3) is 2.37. The molecule has 1 heterocycles. The molecule has 0 aliphatic carbocycles. The number of carbonyl (C=O) groups excluding carboxylic acids is 3. The van der Waals surface area contributed by atoms with Crippen LogP contribution in [0, 0.1) is 10.1 Å². The highest BCUT2D eigenvalue weighted by Gasteiger charge is 2.58. The minimum atomic E-state index is -2.29. The number of para-hydroxylation sites is 1. The van der Waals surface area contributed by atoms with Gasteiger partial charge in [0.05, 0.1) is 16.2 Å². The molecule has 2 aromatic rings. The van der Waals surface area contributed by atoms with Crippen LogP contribution in [0.3, 0.4) is 0 Å². The van der Waals surface area contributed by atoms with Gasteiger partial charge in [0.15, 0.2) is 0 Å². The predicted molar refractivity (Wildman–Crippen MR) is 89.2 cm³/mol. The summed E-state index contributed by atoms with van der Waals surface area (Å²) >= 11 is 0. The van der Waals surface area contributed by atoms with Crippen LogP contribution in [0.2, 0.25) is 0 Å². The van der Waals surface area contributed by atoms with Crippen molar-refractivity contribution in [3.05, 3.63) is 69.8 Å². The monoisotopic (exact) mass is 355 g/mol. The molecular weight excluding hydrogens is 342 g/mol. The van der Waals surface area contributed by atoms with E-state index in [4.69, 9.17) is 10.5 Å². The second kappa shape index (κ2) is 5.96. The molecule has 0 fully saturated rings. The zero-order valence-corrected chi connectivity index (χ0v) is 13.5. The van der Waals surface area contributed by atoms with Crippen LogP contribution in [0.25, 0.3) is 0 Å². The highest BCUT2D eigenvalue weighted by atomic mass is 16.6. The van der Waals surface area contributed by atoms with Gasteiger partial charge in [-0.1, -0.05) is 18.2 Å². The maximum absolute atomic E-state index is 12.7. The average molecular weight is 355 g/mol. The first-order chi connectivity index (χ1) is 12.3. The number of non-ortho nitro benzene ring substituents is 1. The highest BCUT2D eigenvalue weighted by molar-refractivity contribution is 6.21. The quantitative estimate of drug-likeness (QED) is 0.378. The number of hydrogen-bond acceptors (Lipinski definition) is 6. The summed E-state index contributed by atoms with van der Waals surface area (Å²) < 4.78 is 5.28. The van der Waals surface area contributed by atoms with Crippen molar-refractivity contribution in [1.29, 1.82) is 0 Å². The molecule has 0 saturated carbocycles. The van der Waals surface area contributed by atoms with Crippen molar-refractivity contribution in [2.75, 3.05) is 11.9 Å². The number of ether oxygens (including phenoxy) is 1. The largest absolute Gasteiger partial charge is 0.430 e. The van der Waals surface area contributed by atoms with Gasteiger partial charge in [-0.2, -0.15) is 0 Å². The third-order valence-corrected chi connectivity index (χ3v) is 4.16. The second-order valence-corrected chi connectivity index (χ2v) is 5.62. The van der Waals surface area contributed by atoms with Crippen molar-refractivity contribution in [1.82, 2.24) is 0 Å². The van der Waals surface area contributed by atoms with Crippen molar-refractivity contribution in [3.63, 3.8) is 0 Å². The number of hydrogen-bond donors (Lipinski definition) is 1. The summed E-state index contributed by atoms with van der Waals surface area (Å²) in [6, 6.07) is 10.9. The Labute approximate surface area is 147 Å². The van der Waals surface area contributed by atoms with E-state index < -0.39 is 28.3 Å². The maximum atomic E-state index is 12.7. The fraction of sp³-hybridized carbons (Fsp3) is 0.118. The SMILES string of the molecule is CN1C(=O)C(OC(=O)c2ccc([N+](=O)[O-])cc2)(C(N)=O)c2ccccc21. The lowest BCUT2D eigenvalue weighted by atomic mass is 9.94. The van der Waals surface area contributed by atoms with Crippen LogP contribution in [0.5, 0.6) is 0 Å². The Morgan fingerprint density at radius 2 is 1.77 bits per heavy atom. The van der Waals surface area contributed by atoms with Crippen LogP contribution in [0.1, 0.15) is 15.9 Å². The van der Waals surface area contributed by atoms with Gasteiger partial charge in [0.25, 0.3) is 23.1 Å². The number of nitrogens with two attached hydrogens (primary N) is 1. The molecule has 1 atom stereocenters.